The first-order chi connectivity index (χ1) is 13.7. The molecule has 0 amide bonds. The second-order valence-electron chi connectivity index (χ2n) is 7.05. The molecule has 0 saturated carbocycles. The van der Waals surface area contributed by atoms with Crippen LogP contribution in [0.2, 0.25) is 0 Å². The number of carbonyl (C=O) groups excluding carboxylic acids is 1. The Morgan fingerprint density at radius 3 is 2.66 bits per heavy atom. The van der Waals surface area contributed by atoms with Crippen LogP contribution in [0.3, 0.4) is 0 Å². The lowest BCUT2D eigenvalue weighted by molar-refractivity contribution is 0.0457. The Labute approximate surface area is 170 Å². The normalized spacial score (nSPS) is 11.7. The molecule has 0 saturated heterocycles. The molecule has 3 rings (SSSR count). The fourth-order valence-electron chi connectivity index (χ4n) is 3.19. The highest BCUT2D eigenvalue weighted by Crippen LogP contribution is 2.22. The number of nitrogens with zero attached hydrogens (tertiary/aromatic N) is 2. The van der Waals surface area contributed by atoms with Crippen LogP contribution in [0.1, 0.15) is 47.1 Å². The van der Waals surface area contributed by atoms with Crippen LogP contribution in [0.4, 0.5) is 0 Å². The van der Waals surface area contributed by atoms with Gasteiger partial charge < -0.3 is 9.30 Å². The Morgan fingerprint density at radius 2 is 1.97 bits per heavy atom. The lowest BCUT2D eigenvalue weighted by Gasteiger charge is -2.11. The van der Waals surface area contributed by atoms with Gasteiger partial charge >= 0.3 is 5.97 Å². The van der Waals surface area contributed by atoms with E-state index in [2.05, 4.69) is 11.9 Å². The predicted octanol–water partition coefficient (Wildman–Crippen LogP) is 3.46. The highest BCUT2D eigenvalue weighted by atomic mass is 32.2. The van der Waals surface area contributed by atoms with E-state index in [1.807, 2.05) is 30.5 Å². The molecular formula is C21H25N3O4S. The van der Waals surface area contributed by atoms with E-state index >= 15 is 0 Å². The minimum Gasteiger partial charge on any atom is -0.454 e. The van der Waals surface area contributed by atoms with E-state index in [1.165, 1.54) is 12.1 Å². The zero-order valence-corrected chi connectivity index (χ0v) is 17.6. The summed E-state index contributed by atoms with van der Waals surface area (Å²) in [6.07, 6.45) is 1.90. The molecule has 29 heavy (non-hydrogen) atoms. The SMILES string of the molecule is CCCCn1c(COC(=O)c2cccc(C)c2C)nc2cc(S(N)(=O)=O)ccc21. The van der Waals surface area contributed by atoms with Crippen molar-refractivity contribution in [3.05, 3.63) is 58.9 Å². The molecule has 8 heteroatoms. The molecule has 0 aliphatic carbocycles. The number of unbranched alkanes of at least 4 members (excludes halogenated alkanes) is 1. The van der Waals surface area contributed by atoms with Gasteiger partial charge in [0.15, 0.2) is 0 Å². The standard InChI is InChI=1S/C21H25N3O4S/c1-4-5-11-24-19-10-9-16(29(22,26)27)12-18(19)23-20(24)13-28-21(25)17-8-6-7-14(2)15(17)3/h6-10,12H,4-5,11,13H2,1-3H3,(H2,22,26,27). The number of nitrogens with two attached hydrogens (primary N) is 1. The monoisotopic (exact) mass is 415 g/mol. The van der Waals surface area contributed by atoms with Crippen LogP contribution in [0, 0.1) is 13.8 Å². The Hall–Kier alpha value is -2.71. The fourth-order valence-corrected chi connectivity index (χ4v) is 3.73. The number of sulfonamides is 1. The summed E-state index contributed by atoms with van der Waals surface area (Å²) in [7, 11) is -3.82. The van der Waals surface area contributed by atoms with E-state index in [0.717, 1.165) is 29.5 Å². The molecule has 2 aromatic carbocycles. The number of primary sulfonamides is 1. The van der Waals surface area contributed by atoms with Crippen LogP contribution in [0.25, 0.3) is 11.0 Å². The number of hydrogen-bond donors (Lipinski definition) is 1. The van der Waals surface area contributed by atoms with Crippen molar-refractivity contribution in [3.63, 3.8) is 0 Å². The van der Waals surface area contributed by atoms with E-state index in [4.69, 9.17) is 9.88 Å². The second-order valence-corrected chi connectivity index (χ2v) is 8.61. The minimum absolute atomic E-state index is 0.00377. The van der Waals surface area contributed by atoms with Gasteiger partial charge in [-0.25, -0.2) is 23.3 Å². The zero-order chi connectivity index (χ0) is 21.2. The molecule has 0 aliphatic rings. The number of rotatable bonds is 7. The van der Waals surface area contributed by atoms with E-state index in [-0.39, 0.29) is 11.5 Å². The number of carbonyl (C=O) groups is 1. The molecule has 0 bridgehead atoms. The molecule has 0 fully saturated rings. The lowest BCUT2D eigenvalue weighted by atomic mass is 10.0. The van der Waals surface area contributed by atoms with Crippen molar-refractivity contribution in [1.82, 2.24) is 9.55 Å². The first-order valence-electron chi connectivity index (χ1n) is 9.47. The van der Waals surface area contributed by atoms with Gasteiger partial charge in [0.1, 0.15) is 12.4 Å². The highest BCUT2D eigenvalue weighted by molar-refractivity contribution is 7.89. The second kappa shape index (κ2) is 8.34. The van der Waals surface area contributed by atoms with Crippen molar-refractivity contribution < 1.29 is 17.9 Å². The summed E-state index contributed by atoms with van der Waals surface area (Å²) in [6.45, 7) is 6.60. The molecule has 7 nitrogen and oxygen atoms in total. The Bertz CT molecular complexity index is 1170. The molecule has 1 aromatic heterocycles. The average molecular weight is 416 g/mol. The summed E-state index contributed by atoms with van der Waals surface area (Å²) in [6, 6.07) is 10.1. The zero-order valence-electron chi connectivity index (χ0n) is 16.8. The topological polar surface area (TPSA) is 104 Å². The van der Waals surface area contributed by atoms with Gasteiger partial charge in [0.05, 0.1) is 21.5 Å². The summed E-state index contributed by atoms with van der Waals surface area (Å²) >= 11 is 0. The summed E-state index contributed by atoms with van der Waals surface area (Å²) in [5, 5.41) is 5.23. The maximum atomic E-state index is 12.6. The van der Waals surface area contributed by atoms with Gasteiger partial charge in [-0.3, -0.25) is 0 Å². The van der Waals surface area contributed by atoms with Crippen LogP contribution >= 0.6 is 0 Å². The summed E-state index contributed by atoms with van der Waals surface area (Å²) in [4.78, 5) is 17.1. The molecule has 0 unspecified atom stereocenters. The van der Waals surface area contributed by atoms with Crippen LogP contribution in [-0.2, 0) is 27.9 Å². The van der Waals surface area contributed by atoms with Gasteiger partial charge in [-0.05, 0) is 55.7 Å². The number of hydrogen-bond acceptors (Lipinski definition) is 5. The molecular weight excluding hydrogens is 390 g/mol. The van der Waals surface area contributed by atoms with E-state index in [0.29, 0.717) is 23.4 Å². The largest absolute Gasteiger partial charge is 0.454 e. The number of imidazole rings is 1. The van der Waals surface area contributed by atoms with Gasteiger partial charge in [-0.2, -0.15) is 0 Å². The van der Waals surface area contributed by atoms with Crippen molar-refractivity contribution in [1.29, 1.82) is 0 Å². The van der Waals surface area contributed by atoms with Gasteiger partial charge in [-0.15, -0.1) is 0 Å². The van der Waals surface area contributed by atoms with Crippen LogP contribution in [0.15, 0.2) is 41.3 Å². The number of benzene rings is 2. The Morgan fingerprint density at radius 1 is 1.21 bits per heavy atom. The molecule has 0 aliphatic heterocycles. The average Bonchev–Trinajstić information content (AvgIpc) is 3.02. The smallest absolute Gasteiger partial charge is 0.338 e. The molecule has 0 radical (unpaired) electrons. The Balaban J connectivity index is 1.92. The third kappa shape index (κ3) is 4.49. The third-order valence-electron chi connectivity index (χ3n) is 5.02. The molecule has 0 atom stereocenters. The van der Waals surface area contributed by atoms with Gasteiger partial charge in [-0.1, -0.05) is 25.5 Å². The first kappa shape index (κ1) is 21.0. The van der Waals surface area contributed by atoms with Crippen molar-refractivity contribution in [2.75, 3.05) is 0 Å². The number of aromatic nitrogens is 2. The summed E-state index contributed by atoms with van der Waals surface area (Å²) in [5.41, 5.74) is 3.71. The van der Waals surface area contributed by atoms with Crippen molar-refractivity contribution in [2.45, 2.75) is 51.7 Å². The summed E-state index contributed by atoms with van der Waals surface area (Å²) < 4.78 is 30.8. The molecule has 154 valence electrons. The lowest BCUT2D eigenvalue weighted by Crippen LogP contribution is -2.12. The van der Waals surface area contributed by atoms with E-state index in [1.54, 1.807) is 12.1 Å². The molecule has 0 spiro atoms. The van der Waals surface area contributed by atoms with Gasteiger partial charge in [0.2, 0.25) is 10.0 Å². The van der Waals surface area contributed by atoms with Gasteiger partial charge in [0, 0.05) is 6.54 Å². The maximum absolute atomic E-state index is 12.6. The molecule has 2 N–H and O–H groups in total. The molecule has 1 heterocycles. The minimum atomic E-state index is -3.82. The number of fused-ring (bicyclic) bond motifs is 1. The fraction of sp³-hybridized carbons (Fsp3) is 0.333. The highest BCUT2D eigenvalue weighted by Gasteiger charge is 2.17. The first-order valence-corrected chi connectivity index (χ1v) is 11.0. The van der Waals surface area contributed by atoms with Crippen molar-refractivity contribution in [3.8, 4) is 0 Å². The third-order valence-corrected chi connectivity index (χ3v) is 5.93. The summed E-state index contributed by atoms with van der Waals surface area (Å²) in [5.74, 6) is 0.157. The van der Waals surface area contributed by atoms with E-state index in [9.17, 15) is 13.2 Å². The number of ether oxygens (including phenoxy) is 1. The predicted molar refractivity (Wildman–Crippen MR) is 111 cm³/mol. The maximum Gasteiger partial charge on any atom is 0.338 e. The van der Waals surface area contributed by atoms with Crippen LogP contribution in [0.5, 0.6) is 0 Å². The Kier molecular flexibility index (Phi) is 6.04. The number of esters is 1. The van der Waals surface area contributed by atoms with Crippen LogP contribution < -0.4 is 5.14 Å². The van der Waals surface area contributed by atoms with E-state index < -0.39 is 16.0 Å². The molecule has 3 aromatic rings. The van der Waals surface area contributed by atoms with Crippen LogP contribution in [-0.4, -0.2) is 23.9 Å². The van der Waals surface area contributed by atoms with Crippen molar-refractivity contribution >= 4 is 27.0 Å². The van der Waals surface area contributed by atoms with Crippen molar-refractivity contribution in [2.24, 2.45) is 5.14 Å². The number of aryl methyl sites for hydroxylation is 2. The quantitative estimate of drug-likeness (QED) is 0.595. The van der Waals surface area contributed by atoms with Gasteiger partial charge in [0.25, 0.3) is 0 Å².